The summed E-state index contributed by atoms with van der Waals surface area (Å²) in [7, 11) is -3.73. The monoisotopic (exact) mass is 535 g/mol. The van der Waals surface area contributed by atoms with Gasteiger partial charge in [-0.05, 0) is 73.9 Å². The van der Waals surface area contributed by atoms with Gasteiger partial charge in [0.2, 0.25) is 10.0 Å². The molecule has 5 rings (SSSR count). The molecule has 0 atom stereocenters. The van der Waals surface area contributed by atoms with Gasteiger partial charge in [0.1, 0.15) is 11.6 Å². The van der Waals surface area contributed by atoms with Gasteiger partial charge in [-0.2, -0.15) is 0 Å². The van der Waals surface area contributed by atoms with E-state index in [9.17, 15) is 22.0 Å². The standard InChI is InChI=1S/C25H31F2N5O4S/c1-17-12-21(28-22(13-17)32-15-25(26,27)16-32)29-23(34)19-3-2-18(30-37(35,36)11-10-33)14-20(19)31-8-6-24(4-5-24)7-9-31/h2-3,12-14,30,33H,4-11,15-16H2,1H3,(H,28,29,34). The van der Waals surface area contributed by atoms with E-state index < -0.39 is 47.3 Å². The number of pyridine rings is 1. The molecular formula is C25H31F2N5O4S. The Balaban J connectivity index is 1.40. The maximum Gasteiger partial charge on any atom is 0.282 e. The van der Waals surface area contributed by atoms with Crippen molar-refractivity contribution in [1.82, 2.24) is 4.98 Å². The number of carbonyl (C=O) groups is 1. The van der Waals surface area contributed by atoms with Gasteiger partial charge in [-0.25, -0.2) is 22.2 Å². The topological polar surface area (TPSA) is 115 Å². The maximum atomic E-state index is 13.4. The molecule has 1 saturated carbocycles. The third kappa shape index (κ3) is 5.80. The van der Waals surface area contributed by atoms with Gasteiger partial charge in [0.05, 0.1) is 42.4 Å². The molecule has 1 amide bonds. The van der Waals surface area contributed by atoms with E-state index in [-0.39, 0.29) is 5.82 Å². The Hall–Kier alpha value is -2.99. The summed E-state index contributed by atoms with van der Waals surface area (Å²) < 4.78 is 53.6. The molecular weight excluding hydrogens is 504 g/mol. The first kappa shape index (κ1) is 25.7. The first-order chi connectivity index (χ1) is 17.5. The van der Waals surface area contributed by atoms with Crippen LogP contribution in [0.3, 0.4) is 0 Å². The number of aliphatic hydroxyl groups excluding tert-OH is 1. The van der Waals surface area contributed by atoms with Gasteiger partial charge in [0.25, 0.3) is 11.8 Å². The fraction of sp³-hybridized carbons (Fsp3) is 0.520. The van der Waals surface area contributed by atoms with Crippen LogP contribution >= 0.6 is 0 Å². The van der Waals surface area contributed by atoms with Crippen molar-refractivity contribution in [1.29, 1.82) is 0 Å². The van der Waals surface area contributed by atoms with E-state index in [4.69, 9.17) is 5.11 Å². The van der Waals surface area contributed by atoms with Crippen molar-refractivity contribution in [3.8, 4) is 0 Å². The summed E-state index contributed by atoms with van der Waals surface area (Å²) in [5.41, 5.74) is 2.45. The number of sulfonamides is 1. The average molecular weight is 536 g/mol. The Morgan fingerprint density at radius 2 is 1.78 bits per heavy atom. The number of benzene rings is 1. The third-order valence-electron chi connectivity index (χ3n) is 7.36. The van der Waals surface area contributed by atoms with Crippen LogP contribution in [0.4, 0.5) is 31.8 Å². The van der Waals surface area contributed by atoms with Crippen molar-refractivity contribution in [2.75, 3.05) is 58.4 Å². The van der Waals surface area contributed by atoms with E-state index in [1.807, 2.05) is 0 Å². The van der Waals surface area contributed by atoms with Crippen LogP contribution in [0.5, 0.6) is 0 Å². The summed E-state index contributed by atoms with van der Waals surface area (Å²) in [6, 6.07) is 8.09. The number of aromatic nitrogens is 1. The average Bonchev–Trinajstić information content (AvgIpc) is 3.55. The molecule has 37 heavy (non-hydrogen) atoms. The Labute approximate surface area is 214 Å². The number of nitrogens with one attached hydrogen (secondary N) is 2. The number of amides is 1. The normalized spacial score (nSPS) is 19.9. The second-order valence-electron chi connectivity index (χ2n) is 10.4. The Kier molecular flexibility index (Phi) is 6.51. The molecule has 0 radical (unpaired) electrons. The Morgan fingerprint density at radius 1 is 1.08 bits per heavy atom. The van der Waals surface area contributed by atoms with Crippen LogP contribution in [0, 0.1) is 12.3 Å². The van der Waals surface area contributed by atoms with Crippen LogP contribution in [0.25, 0.3) is 0 Å². The fourth-order valence-electron chi connectivity index (χ4n) is 5.03. The van der Waals surface area contributed by atoms with Crippen LogP contribution in [0.2, 0.25) is 0 Å². The van der Waals surface area contributed by atoms with Crippen molar-refractivity contribution in [3.63, 3.8) is 0 Å². The second kappa shape index (κ2) is 9.39. The fourth-order valence-corrected chi connectivity index (χ4v) is 5.86. The predicted octanol–water partition coefficient (Wildman–Crippen LogP) is 3.21. The zero-order chi connectivity index (χ0) is 26.4. The van der Waals surface area contributed by atoms with Gasteiger partial charge in [0, 0.05) is 13.1 Å². The van der Waals surface area contributed by atoms with Crippen LogP contribution < -0.4 is 19.8 Å². The highest BCUT2D eigenvalue weighted by Crippen LogP contribution is 2.54. The van der Waals surface area contributed by atoms with Crippen LogP contribution in [-0.2, 0) is 10.0 Å². The molecule has 0 bridgehead atoms. The van der Waals surface area contributed by atoms with Gasteiger partial charge in [-0.15, -0.1) is 0 Å². The minimum absolute atomic E-state index is 0.254. The number of piperidine rings is 1. The molecule has 200 valence electrons. The number of aliphatic hydroxyl groups is 1. The number of alkyl halides is 2. The van der Waals surface area contributed by atoms with Gasteiger partial charge in [0.15, 0.2) is 0 Å². The number of aryl methyl sites for hydroxylation is 1. The molecule has 1 aliphatic carbocycles. The number of hydrogen-bond acceptors (Lipinski definition) is 7. The van der Waals surface area contributed by atoms with Gasteiger partial charge < -0.3 is 20.2 Å². The molecule has 12 heteroatoms. The largest absolute Gasteiger partial charge is 0.395 e. The number of halogens is 2. The quantitative estimate of drug-likeness (QED) is 0.476. The van der Waals surface area contributed by atoms with Crippen molar-refractivity contribution in [2.45, 2.75) is 38.5 Å². The van der Waals surface area contributed by atoms with Crippen molar-refractivity contribution in [2.24, 2.45) is 5.41 Å². The SMILES string of the molecule is Cc1cc(NC(=O)c2ccc(NS(=O)(=O)CCO)cc2N2CCC3(CC2)CC3)nc(N2CC(F)(F)C2)c1. The zero-order valence-corrected chi connectivity index (χ0v) is 21.5. The summed E-state index contributed by atoms with van der Waals surface area (Å²) in [6.07, 6.45) is 4.47. The molecule has 2 aromatic rings. The summed E-state index contributed by atoms with van der Waals surface area (Å²) >= 11 is 0. The molecule has 3 N–H and O–H groups in total. The van der Waals surface area contributed by atoms with Gasteiger partial charge >= 0.3 is 0 Å². The van der Waals surface area contributed by atoms with Crippen LogP contribution in [0.1, 0.15) is 41.6 Å². The number of anilines is 4. The molecule has 2 saturated heterocycles. The number of nitrogens with zero attached hydrogens (tertiary/aromatic N) is 3. The van der Waals surface area contributed by atoms with Crippen LogP contribution in [-0.4, -0.2) is 68.9 Å². The minimum atomic E-state index is -3.73. The molecule has 9 nitrogen and oxygen atoms in total. The highest BCUT2D eigenvalue weighted by Gasteiger charge is 2.45. The maximum absolute atomic E-state index is 13.4. The molecule has 2 aliphatic heterocycles. The lowest BCUT2D eigenvalue weighted by atomic mass is 9.93. The van der Waals surface area contributed by atoms with E-state index in [0.29, 0.717) is 28.2 Å². The van der Waals surface area contributed by atoms with E-state index in [0.717, 1.165) is 31.5 Å². The highest BCUT2D eigenvalue weighted by molar-refractivity contribution is 7.92. The summed E-state index contributed by atoms with van der Waals surface area (Å²) in [5, 5.41) is 11.8. The van der Waals surface area contributed by atoms with E-state index in [2.05, 4.69) is 19.9 Å². The zero-order valence-electron chi connectivity index (χ0n) is 20.6. The molecule has 1 spiro atoms. The lowest BCUT2D eigenvalue weighted by molar-refractivity contribution is -0.0267. The van der Waals surface area contributed by atoms with Crippen molar-refractivity contribution < 1.29 is 27.1 Å². The molecule has 3 fully saturated rings. The minimum Gasteiger partial charge on any atom is -0.395 e. The Morgan fingerprint density at radius 3 is 2.41 bits per heavy atom. The molecule has 1 aromatic carbocycles. The van der Waals surface area contributed by atoms with Crippen molar-refractivity contribution in [3.05, 3.63) is 41.5 Å². The van der Waals surface area contributed by atoms with Crippen LogP contribution in [0.15, 0.2) is 30.3 Å². The Bertz CT molecular complexity index is 1300. The number of carbonyl (C=O) groups excluding carboxylic acids is 1. The van der Waals surface area contributed by atoms with E-state index in [1.165, 1.54) is 23.8 Å². The second-order valence-corrected chi connectivity index (χ2v) is 12.3. The predicted molar refractivity (Wildman–Crippen MR) is 138 cm³/mol. The summed E-state index contributed by atoms with van der Waals surface area (Å²) in [4.78, 5) is 21.3. The lowest BCUT2D eigenvalue weighted by Crippen LogP contribution is -2.56. The van der Waals surface area contributed by atoms with Crippen molar-refractivity contribution >= 4 is 38.9 Å². The van der Waals surface area contributed by atoms with E-state index in [1.54, 1.807) is 31.2 Å². The van der Waals surface area contributed by atoms with Gasteiger partial charge in [-0.3, -0.25) is 9.52 Å². The smallest absolute Gasteiger partial charge is 0.282 e. The first-order valence-corrected chi connectivity index (χ1v) is 14.1. The number of rotatable bonds is 8. The lowest BCUT2D eigenvalue weighted by Gasteiger charge is -2.39. The highest BCUT2D eigenvalue weighted by atomic mass is 32.2. The number of hydrogen-bond donors (Lipinski definition) is 3. The van der Waals surface area contributed by atoms with E-state index >= 15 is 0 Å². The molecule has 0 unspecified atom stereocenters. The molecule has 3 aliphatic rings. The summed E-state index contributed by atoms with van der Waals surface area (Å²) in [6.45, 7) is 1.98. The van der Waals surface area contributed by atoms with Gasteiger partial charge in [-0.1, -0.05) is 0 Å². The molecule has 1 aromatic heterocycles. The molecule has 3 heterocycles. The first-order valence-electron chi connectivity index (χ1n) is 12.4. The summed E-state index contributed by atoms with van der Waals surface area (Å²) in [5.74, 6) is -2.96. The third-order valence-corrected chi connectivity index (χ3v) is 8.63.